The van der Waals surface area contributed by atoms with E-state index in [1.807, 2.05) is 6.26 Å². The standard InChI is InChI=1S/C10H17N5O2S/c1-7(6-18-2)5-12-10-8(15(16)17)3-4-9(13-10)14-11/h3-4,7H,5-6,11H2,1-2H3,(H2,12,13,14). The lowest BCUT2D eigenvalue weighted by Gasteiger charge is -2.12. The molecule has 0 spiro atoms. The quantitative estimate of drug-likeness (QED) is 0.393. The van der Waals surface area contributed by atoms with E-state index in [-0.39, 0.29) is 11.5 Å². The van der Waals surface area contributed by atoms with Crippen LogP contribution in [0.4, 0.5) is 17.3 Å². The minimum absolute atomic E-state index is 0.0506. The highest BCUT2D eigenvalue weighted by Crippen LogP contribution is 2.23. The van der Waals surface area contributed by atoms with Gasteiger partial charge in [-0.3, -0.25) is 10.1 Å². The van der Waals surface area contributed by atoms with Crippen molar-refractivity contribution < 1.29 is 4.92 Å². The fourth-order valence-corrected chi connectivity index (χ4v) is 2.11. The Morgan fingerprint density at radius 3 is 2.89 bits per heavy atom. The highest BCUT2D eigenvalue weighted by molar-refractivity contribution is 7.98. The molecule has 8 heteroatoms. The maximum atomic E-state index is 10.9. The van der Waals surface area contributed by atoms with Gasteiger partial charge >= 0.3 is 5.69 Å². The lowest BCUT2D eigenvalue weighted by Crippen LogP contribution is -2.16. The Bertz CT molecular complexity index is 415. The van der Waals surface area contributed by atoms with Crippen molar-refractivity contribution in [3.63, 3.8) is 0 Å². The van der Waals surface area contributed by atoms with Crippen LogP contribution in [0.2, 0.25) is 0 Å². The fourth-order valence-electron chi connectivity index (χ4n) is 1.42. The van der Waals surface area contributed by atoms with Crippen LogP contribution in [0, 0.1) is 16.0 Å². The SMILES string of the molecule is CSCC(C)CNc1nc(NN)ccc1[N+](=O)[O-]. The predicted octanol–water partition coefficient (Wildman–Crippen LogP) is 1.69. The monoisotopic (exact) mass is 271 g/mol. The third-order valence-electron chi connectivity index (χ3n) is 2.29. The van der Waals surface area contributed by atoms with E-state index in [0.717, 1.165) is 5.75 Å². The lowest BCUT2D eigenvalue weighted by molar-refractivity contribution is -0.384. The van der Waals surface area contributed by atoms with Crippen molar-refractivity contribution in [3.05, 3.63) is 22.2 Å². The van der Waals surface area contributed by atoms with Gasteiger partial charge in [0.1, 0.15) is 5.82 Å². The molecule has 1 rings (SSSR count). The van der Waals surface area contributed by atoms with Crippen LogP contribution >= 0.6 is 11.8 Å². The van der Waals surface area contributed by atoms with E-state index in [1.165, 1.54) is 12.1 Å². The molecule has 7 nitrogen and oxygen atoms in total. The topological polar surface area (TPSA) is 106 Å². The van der Waals surface area contributed by atoms with E-state index in [1.54, 1.807) is 11.8 Å². The van der Waals surface area contributed by atoms with Gasteiger partial charge in [0.15, 0.2) is 0 Å². The van der Waals surface area contributed by atoms with Gasteiger partial charge in [-0.1, -0.05) is 6.92 Å². The Kier molecular flexibility index (Phi) is 5.66. The summed E-state index contributed by atoms with van der Waals surface area (Å²) in [4.78, 5) is 14.4. The molecule has 0 aliphatic rings. The van der Waals surface area contributed by atoms with Gasteiger partial charge in [0.2, 0.25) is 5.82 Å². The second-order valence-electron chi connectivity index (χ2n) is 3.91. The second kappa shape index (κ2) is 7.02. The van der Waals surface area contributed by atoms with Crippen LogP contribution in [0.1, 0.15) is 6.92 Å². The first-order chi connectivity index (χ1) is 8.58. The van der Waals surface area contributed by atoms with E-state index in [2.05, 4.69) is 22.7 Å². The molecule has 0 saturated carbocycles. The molecule has 100 valence electrons. The highest BCUT2D eigenvalue weighted by atomic mass is 32.2. The number of nitrogen functional groups attached to an aromatic ring is 1. The van der Waals surface area contributed by atoms with Gasteiger partial charge in [-0.2, -0.15) is 11.8 Å². The highest BCUT2D eigenvalue weighted by Gasteiger charge is 2.16. The molecule has 0 fully saturated rings. The predicted molar refractivity (Wildman–Crippen MR) is 74.7 cm³/mol. The van der Waals surface area contributed by atoms with Crippen LogP contribution in [0.25, 0.3) is 0 Å². The largest absolute Gasteiger partial charge is 0.364 e. The number of pyridine rings is 1. The molecule has 1 heterocycles. The summed E-state index contributed by atoms with van der Waals surface area (Å²) in [5.41, 5.74) is 2.32. The van der Waals surface area contributed by atoms with Gasteiger partial charge in [0.05, 0.1) is 4.92 Å². The molecule has 0 aliphatic heterocycles. The number of nitrogens with two attached hydrogens (primary N) is 1. The van der Waals surface area contributed by atoms with Crippen molar-refractivity contribution in [1.82, 2.24) is 4.98 Å². The summed E-state index contributed by atoms with van der Waals surface area (Å²) in [6.45, 7) is 2.70. The zero-order valence-electron chi connectivity index (χ0n) is 10.3. The number of anilines is 2. The minimum Gasteiger partial charge on any atom is -0.364 e. The molecular formula is C10H17N5O2S. The molecule has 1 atom stereocenters. The van der Waals surface area contributed by atoms with Crippen molar-refractivity contribution in [2.45, 2.75) is 6.92 Å². The molecule has 0 aromatic carbocycles. The Balaban J connectivity index is 2.80. The van der Waals surface area contributed by atoms with Crippen molar-refractivity contribution in [2.24, 2.45) is 11.8 Å². The zero-order chi connectivity index (χ0) is 13.5. The van der Waals surface area contributed by atoms with Crippen LogP contribution in [0.5, 0.6) is 0 Å². The average molecular weight is 271 g/mol. The molecule has 0 amide bonds. The van der Waals surface area contributed by atoms with E-state index in [9.17, 15) is 10.1 Å². The molecule has 1 aromatic heterocycles. The average Bonchev–Trinajstić information content (AvgIpc) is 2.36. The number of hydrogen-bond acceptors (Lipinski definition) is 7. The maximum Gasteiger partial charge on any atom is 0.311 e. The summed E-state index contributed by atoms with van der Waals surface area (Å²) in [5, 5.41) is 13.9. The molecule has 4 N–H and O–H groups in total. The normalized spacial score (nSPS) is 11.9. The van der Waals surface area contributed by atoms with Crippen molar-refractivity contribution in [3.8, 4) is 0 Å². The summed E-state index contributed by atoms with van der Waals surface area (Å²) in [6, 6.07) is 2.85. The van der Waals surface area contributed by atoms with Gasteiger partial charge in [0, 0.05) is 12.6 Å². The summed E-state index contributed by atoms with van der Waals surface area (Å²) in [7, 11) is 0. The Labute approximate surface area is 110 Å². The van der Waals surface area contributed by atoms with Crippen LogP contribution in [0.3, 0.4) is 0 Å². The number of aromatic nitrogens is 1. The van der Waals surface area contributed by atoms with Gasteiger partial charge in [-0.15, -0.1) is 0 Å². The third-order valence-corrected chi connectivity index (χ3v) is 3.19. The number of nitrogens with one attached hydrogen (secondary N) is 2. The number of thioether (sulfide) groups is 1. The number of hydrazine groups is 1. The maximum absolute atomic E-state index is 10.9. The van der Waals surface area contributed by atoms with Crippen molar-refractivity contribution >= 4 is 29.1 Å². The number of nitrogens with zero attached hydrogens (tertiary/aromatic N) is 2. The molecular weight excluding hydrogens is 254 g/mol. The van der Waals surface area contributed by atoms with Gasteiger partial charge in [-0.25, -0.2) is 10.8 Å². The molecule has 18 heavy (non-hydrogen) atoms. The number of hydrogen-bond donors (Lipinski definition) is 3. The first-order valence-corrected chi connectivity index (χ1v) is 6.82. The third kappa shape index (κ3) is 4.04. The lowest BCUT2D eigenvalue weighted by atomic mass is 10.2. The number of rotatable bonds is 7. The summed E-state index contributed by atoms with van der Waals surface area (Å²) in [6.07, 6.45) is 2.02. The number of nitro groups is 1. The van der Waals surface area contributed by atoms with E-state index >= 15 is 0 Å². The Hall–Kier alpha value is -1.54. The smallest absolute Gasteiger partial charge is 0.311 e. The van der Waals surface area contributed by atoms with E-state index < -0.39 is 4.92 Å². The molecule has 0 aliphatic carbocycles. The van der Waals surface area contributed by atoms with Crippen molar-refractivity contribution in [2.75, 3.05) is 29.3 Å². The molecule has 1 aromatic rings. The van der Waals surface area contributed by atoms with Gasteiger partial charge in [-0.05, 0) is 24.0 Å². The molecule has 0 radical (unpaired) electrons. The van der Waals surface area contributed by atoms with Gasteiger partial charge < -0.3 is 10.7 Å². The fraction of sp³-hybridized carbons (Fsp3) is 0.500. The second-order valence-corrected chi connectivity index (χ2v) is 4.82. The molecule has 1 unspecified atom stereocenters. The molecule has 0 bridgehead atoms. The zero-order valence-corrected chi connectivity index (χ0v) is 11.2. The van der Waals surface area contributed by atoms with Crippen LogP contribution < -0.4 is 16.6 Å². The van der Waals surface area contributed by atoms with Crippen LogP contribution in [-0.4, -0.2) is 28.5 Å². The Morgan fingerprint density at radius 1 is 1.61 bits per heavy atom. The minimum atomic E-state index is -0.463. The van der Waals surface area contributed by atoms with Crippen molar-refractivity contribution in [1.29, 1.82) is 0 Å². The van der Waals surface area contributed by atoms with E-state index in [4.69, 9.17) is 5.84 Å². The van der Waals surface area contributed by atoms with Crippen LogP contribution in [0.15, 0.2) is 12.1 Å². The molecule has 0 saturated heterocycles. The first-order valence-electron chi connectivity index (χ1n) is 5.43. The summed E-state index contributed by atoms with van der Waals surface area (Å²) >= 11 is 1.74. The summed E-state index contributed by atoms with van der Waals surface area (Å²) in [5.74, 6) is 7.24. The summed E-state index contributed by atoms with van der Waals surface area (Å²) < 4.78 is 0. The van der Waals surface area contributed by atoms with Crippen LogP contribution in [-0.2, 0) is 0 Å². The van der Waals surface area contributed by atoms with Gasteiger partial charge in [0.25, 0.3) is 0 Å². The Morgan fingerprint density at radius 2 is 2.33 bits per heavy atom. The van der Waals surface area contributed by atoms with E-state index in [0.29, 0.717) is 18.3 Å². The first kappa shape index (κ1) is 14.5.